The highest BCUT2D eigenvalue weighted by molar-refractivity contribution is 5.71. The van der Waals surface area contributed by atoms with Gasteiger partial charge >= 0.3 is 5.97 Å². The Morgan fingerprint density at radius 1 is 1.25 bits per heavy atom. The zero-order chi connectivity index (χ0) is 15.7. The average molecular weight is 288 g/mol. The minimum atomic E-state index is -0.757. The third-order valence-electron chi connectivity index (χ3n) is 3.44. The third-order valence-corrected chi connectivity index (χ3v) is 3.44. The molecular weight excluding hydrogens is 264 g/mol. The van der Waals surface area contributed by atoms with Crippen molar-refractivity contribution in [3.05, 3.63) is 10.1 Å². The lowest BCUT2D eigenvalue weighted by Gasteiger charge is -2.52. The fraction of sp³-hybridized carbons (Fsp3) is 0.923. The van der Waals surface area contributed by atoms with E-state index in [2.05, 4.69) is 0 Å². The van der Waals surface area contributed by atoms with E-state index in [0.29, 0.717) is 12.8 Å². The molecule has 0 bridgehead atoms. The summed E-state index contributed by atoms with van der Waals surface area (Å²) in [5.74, 6) is -0.533. The predicted molar refractivity (Wildman–Crippen MR) is 72.0 cm³/mol. The third kappa shape index (κ3) is 3.82. The maximum Gasteiger partial charge on any atom is 0.327 e. The van der Waals surface area contributed by atoms with Crippen LogP contribution in [0.1, 0.15) is 54.4 Å². The first-order valence-corrected chi connectivity index (χ1v) is 6.79. The molecule has 0 aliphatic carbocycles. The normalized spacial score (nSPS) is 22.6. The number of piperidine rings is 1. The van der Waals surface area contributed by atoms with Gasteiger partial charge in [-0.05, 0) is 40.5 Å². The van der Waals surface area contributed by atoms with E-state index in [1.807, 2.05) is 27.7 Å². The van der Waals surface area contributed by atoms with Gasteiger partial charge in [-0.25, -0.2) is 0 Å². The van der Waals surface area contributed by atoms with Crippen molar-refractivity contribution in [3.63, 3.8) is 0 Å². The van der Waals surface area contributed by atoms with Crippen LogP contribution in [0.3, 0.4) is 0 Å². The van der Waals surface area contributed by atoms with Crippen LogP contribution in [0.25, 0.3) is 0 Å². The Hall–Kier alpha value is -1.37. The zero-order valence-corrected chi connectivity index (χ0v) is 13.0. The van der Waals surface area contributed by atoms with Gasteiger partial charge in [-0.15, -0.1) is 15.2 Å². The molecule has 0 aromatic heterocycles. The number of hydrogen-bond acceptors (Lipinski definition) is 6. The fourth-order valence-electron chi connectivity index (χ4n) is 2.81. The summed E-state index contributed by atoms with van der Waals surface area (Å²) < 4.78 is 0. The van der Waals surface area contributed by atoms with Gasteiger partial charge in [0.25, 0.3) is 5.09 Å². The van der Waals surface area contributed by atoms with E-state index in [0.717, 1.165) is 0 Å². The number of hydrogen-bond donors (Lipinski definition) is 0. The lowest BCUT2D eigenvalue weighted by Crippen LogP contribution is -2.62. The van der Waals surface area contributed by atoms with E-state index >= 15 is 0 Å². The molecule has 1 rings (SSSR count). The zero-order valence-electron chi connectivity index (χ0n) is 13.0. The number of nitrogens with zero attached hydrogens (tertiary/aromatic N) is 2. The van der Waals surface area contributed by atoms with Gasteiger partial charge in [0.05, 0.1) is 17.0 Å². The molecule has 0 N–H and O–H groups in total. The van der Waals surface area contributed by atoms with Crippen LogP contribution in [0.2, 0.25) is 0 Å². The Bertz CT molecular complexity index is 374. The molecule has 0 saturated carbocycles. The number of rotatable bonds is 4. The molecule has 0 unspecified atom stereocenters. The van der Waals surface area contributed by atoms with Gasteiger partial charge in [0, 0.05) is 0 Å². The summed E-state index contributed by atoms with van der Waals surface area (Å²) in [6.07, 6.45) is 0.343. The summed E-state index contributed by atoms with van der Waals surface area (Å²) in [7, 11) is 0. The van der Waals surface area contributed by atoms with Crippen molar-refractivity contribution in [2.75, 3.05) is 0 Å². The molecule has 1 aliphatic heterocycles. The summed E-state index contributed by atoms with van der Waals surface area (Å²) in [6, 6.07) is 0. The van der Waals surface area contributed by atoms with Crippen molar-refractivity contribution in [1.29, 1.82) is 0 Å². The Labute approximate surface area is 119 Å². The van der Waals surface area contributed by atoms with E-state index in [1.165, 1.54) is 0 Å². The lowest BCUT2D eigenvalue weighted by atomic mass is 9.80. The van der Waals surface area contributed by atoms with Gasteiger partial charge in [-0.1, -0.05) is 13.8 Å². The van der Waals surface area contributed by atoms with Gasteiger partial charge in [-0.2, -0.15) is 0 Å². The van der Waals surface area contributed by atoms with Gasteiger partial charge in [0.15, 0.2) is 0 Å². The molecule has 0 spiro atoms. The van der Waals surface area contributed by atoms with Gasteiger partial charge in [0.2, 0.25) is 0 Å². The van der Waals surface area contributed by atoms with Crippen LogP contribution in [-0.4, -0.2) is 33.3 Å². The molecule has 0 radical (unpaired) electrons. The highest BCUT2D eigenvalue weighted by Gasteiger charge is 2.49. The fourth-order valence-corrected chi connectivity index (χ4v) is 2.81. The Morgan fingerprint density at radius 3 is 2.05 bits per heavy atom. The second-order valence-corrected chi connectivity index (χ2v) is 6.84. The first-order chi connectivity index (χ1) is 8.95. The van der Waals surface area contributed by atoms with E-state index < -0.39 is 22.3 Å². The second-order valence-electron chi connectivity index (χ2n) is 6.84. The highest BCUT2D eigenvalue weighted by atomic mass is 17.0. The van der Waals surface area contributed by atoms with Crippen molar-refractivity contribution >= 4 is 5.97 Å². The van der Waals surface area contributed by atoms with Crippen LogP contribution in [0.4, 0.5) is 0 Å². The monoisotopic (exact) mass is 288 g/mol. The van der Waals surface area contributed by atoms with E-state index in [4.69, 9.17) is 9.68 Å². The Morgan fingerprint density at radius 2 is 1.70 bits per heavy atom. The molecule has 1 aliphatic rings. The molecule has 1 heterocycles. The minimum Gasteiger partial charge on any atom is -0.367 e. The summed E-state index contributed by atoms with van der Waals surface area (Å²) in [5, 5.41) is 11.4. The van der Waals surface area contributed by atoms with E-state index in [9.17, 15) is 14.9 Å². The molecule has 20 heavy (non-hydrogen) atoms. The standard InChI is InChI=1S/C13H24N2O5/c1-9(2)11(16)20-14-12(3,4)7-10(19-15(17)18)8-13(14,5)6/h9-10H,7-8H2,1-6H3. The van der Waals surface area contributed by atoms with Gasteiger partial charge in [-0.3, -0.25) is 4.79 Å². The first-order valence-electron chi connectivity index (χ1n) is 6.79. The van der Waals surface area contributed by atoms with Gasteiger partial charge in [0.1, 0.15) is 6.10 Å². The lowest BCUT2D eigenvalue weighted by molar-refractivity contribution is -0.770. The molecule has 0 aromatic rings. The van der Waals surface area contributed by atoms with Crippen molar-refractivity contribution in [2.45, 2.75) is 71.6 Å². The maximum atomic E-state index is 11.8. The van der Waals surface area contributed by atoms with Crippen LogP contribution in [0, 0.1) is 16.0 Å². The van der Waals surface area contributed by atoms with Crippen LogP contribution in [-0.2, 0) is 14.5 Å². The number of hydroxylamine groups is 2. The Kier molecular flexibility index (Phi) is 4.63. The largest absolute Gasteiger partial charge is 0.367 e. The molecule has 116 valence electrons. The van der Waals surface area contributed by atoms with Crippen molar-refractivity contribution in [2.24, 2.45) is 5.92 Å². The molecule has 7 nitrogen and oxygen atoms in total. The van der Waals surface area contributed by atoms with Crippen LogP contribution in [0.5, 0.6) is 0 Å². The van der Waals surface area contributed by atoms with E-state index in [-0.39, 0.29) is 11.9 Å². The summed E-state index contributed by atoms with van der Waals surface area (Å²) in [5.41, 5.74) is -1.07. The predicted octanol–water partition coefficient (Wildman–Crippen LogP) is 2.33. The number of carbonyl (C=O) groups is 1. The van der Waals surface area contributed by atoms with E-state index in [1.54, 1.807) is 18.9 Å². The van der Waals surface area contributed by atoms with Crippen molar-refractivity contribution in [3.8, 4) is 0 Å². The molecular formula is C13H24N2O5. The minimum absolute atomic E-state index is 0.227. The van der Waals surface area contributed by atoms with Crippen LogP contribution < -0.4 is 0 Å². The molecule has 7 heteroatoms. The average Bonchev–Trinajstić information content (AvgIpc) is 2.20. The molecule has 1 fully saturated rings. The molecule has 0 atom stereocenters. The topological polar surface area (TPSA) is 81.9 Å². The smallest absolute Gasteiger partial charge is 0.327 e. The molecule has 0 amide bonds. The van der Waals surface area contributed by atoms with Crippen LogP contribution >= 0.6 is 0 Å². The summed E-state index contributed by atoms with van der Waals surface area (Å²) in [4.78, 5) is 32.6. The maximum absolute atomic E-state index is 11.8. The quantitative estimate of drug-likeness (QED) is 0.583. The molecule has 1 saturated heterocycles. The number of carbonyl (C=O) groups excluding carboxylic acids is 1. The summed E-state index contributed by atoms with van der Waals surface area (Å²) >= 11 is 0. The van der Waals surface area contributed by atoms with Crippen LogP contribution in [0.15, 0.2) is 0 Å². The second kappa shape index (κ2) is 5.55. The first kappa shape index (κ1) is 16.7. The summed E-state index contributed by atoms with van der Waals surface area (Å²) in [6.45, 7) is 11.1. The SMILES string of the molecule is CC(C)C(=O)ON1C(C)(C)CC(O[N+](=O)[O-])CC1(C)C. The van der Waals surface area contributed by atoms with Crippen molar-refractivity contribution < 1.29 is 19.6 Å². The Balaban J connectivity index is 2.91. The van der Waals surface area contributed by atoms with Crippen molar-refractivity contribution in [1.82, 2.24) is 5.06 Å². The molecule has 0 aromatic carbocycles. The van der Waals surface area contributed by atoms with Gasteiger partial charge < -0.3 is 9.68 Å². The highest BCUT2D eigenvalue weighted by Crippen LogP contribution is 2.40.